The zero-order chi connectivity index (χ0) is 14.3. The van der Waals surface area contributed by atoms with Crippen molar-refractivity contribution < 1.29 is 8.78 Å². The summed E-state index contributed by atoms with van der Waals surface area (Å²) in [6, 6.07) is 12.5. The molecule has 0 aliphatic heterocycles. The third kappa shape index (κ3) is 2.45. The number of halogens is 3. The molecule has 104 valence electrons. The zero-order valence-corrected chi connectivity index (χ0v) is 11.9. The maximum absolute atomic E-state index is 13.9. The Kier molecular flexibility index (Phi) is 3.51. The van der Waals surface area contributed by atoms with Crippen LogP contribution in [0.3, 0.4) is 0 Å². The molecule has 1 saturated carbocycles. The number of aryl methyl sites for hydroxylation is 1. The molecular weight excluding hydrogens is 278 g/mol. The van der Waals surface area contributed by atoms with Crippen molar-refractivity contribution in [2.45, 2.75) is 24.6 Å². The van der Waals surface area contributed by atoms with E-state index < -0.39 is 17.0 Å². The molecule has 1 aliphatic carbocycles. The van der Waals surface area contributed by atoms with E-state index in [-0.39, 0.29) is 11.5 Å². The molecule has 3 unspecified atom stereocenters. The molecule has 2 aromatic rings. The zero-order valence-electron chi connectivity index (χ0n) is 11.1. The van der Waals surface area contributed by atoms with Crippen LogP contribution in [0.25, 0.3) is 0 Å². The Hall–Kier alpha value is -1.41. The van der Waals surface area contributed by atoms with Crippen LogP contribution < -0.4 is 0 Å². The number of alkyl halides is 1. The summed E-state index contributed by atoms with van der Waals surface area (Å²) in [7, 11) is 0. The molecule has 3 heteroatoms. The summed E-state index contributed by atoms with van der Waals surface area (Å²) in [5.74, 6) is -0.287. The highest BCUT2D eigenvalue weighted by Crippen LogP contribution is 2.56. The van der Waals surface area contributed by atoms with E-state index in [0.717, 1.165) is 6.42 Å². The number of hydrogen-bond donors (Lipinski definition) is 0. The second-order valence-electron chi connectivity index (χ2n) is 5.44. The highest BCUT2D eigenvalue weighted by molar-refractivity contribution is 6.21. The molecule has 3 rings (SSSR count). The minimum absolute atomic E-state index is 0.177. The molecule has 0 bridgehead atoms. The van der Waals surface area contributed by atoms with Gasteiger partial charge in [-0.05, 0) is 48.4 Å². The summed E-state index contributed by atoms with van der Waals surface area (Å²) in [4.78, 5) is 0. The number of benzene rings is 2. The van der Waals surface area contributed by atoms with Crippen LogP contribution in [0, 0.1) is 24.5 Å². The first-order chi connectivity index (χ1) is 9.58. The van der Waals surface area contributed by atoms with Gasteiger partial charge in [-0.3, -0.25) is 0 Å². The molecule has 20 heavy (non-hydrogen) atoms. The van der Waals surface area contributed by atoms with E-state index in [0.29, 0.717) is 11.5 Å². The molecule has 0 N–H and O–H groups in total. The molecule has 0 saturated heterocycles. The maximum Gasteiger partial charge on any atom is 0.128 e. The fourth-order valence-corrected chi connectivity index (χ4v) is 3.17. The van der Waals surface area contributed by atoms with Gasteiger partial charge in [-0.1, -0.05) is 30.3 Å². The average Bonchev–Trinajstić information content (AvgIpc) is 3.23. The maximum atomic E-state index is 13.9. The summed E-state index contributed by atoms with van der Waals surface area (Å²) in [6.07, 6.45) is 0.924. The molecule has 0 nitrogen and oxygen atoms in total. The molecule has 2 aromatic carbocycles. The first kappa shape index (κ1) is 13.6. The van der Waals surface area contributed by atoms with Crippen molar-refractivity contribution >= 4 is 11.6 Å². The first-order valence-electron chi connectivity index (χ1n) is 6.72. The van der Waals surface area contributed by atoms with Gasteiger partial charge in [0.15, 0.2) is 0 Å². The van der Waals surface area contributed by atoms with Crippen LogP contribution in [0.4, 0.5) is 8.78 Å². The van der Waals surface area contributed by atoms with Crippen LogP contribution in [-0.2, 0) is 0 Å². The van der Waals surface area contributed by atoms with Gasteiger partial charge in [0.05, 0.1) is 5.38 Å². The normalized spacial score (nSPS) is 22.6. The molecule has 0 spiro atoms. The molecule has 1 fully saturated rings. The summed E-state index contributed by atoms with van der Waals surface area (Å²) in [5.41, 5.74) is 1.81. The second-order valence-corrected chi connectivity index (χ2v) is 5.91. The van der Waals surface area contributed by atoms with Crippen LogP contribution in [0.15, 0.2) is 42.5 Å². The summed E-state index contributed by atoms with van der Waals surface area (Å²) < 4.78 is 27.5. The Bertz CT molecular complexity index is 624. The average molecular weight is 293 g/mol. The summed E-state index contributed by atoms with van der Waals surface area (Å²) in [6.45, 7) is 1.55. The predicted molar refractivity (Wildman–Crippen MR) is 77.0 cm³/mol. The fourth-order valence-electron chi connectivity index (χ4n) is 2.73. The molecule has 0 radical (unpaired) electrons. The fraction of sp³-hybridized carbons (Fsp3) is 0.294. The molecule has 1 aliphatic rings. The highest BCUT2D eigenvalue weighted by Gasteiger charge is 2.44. The van der Waals surface area contributed by atoms with Gasteiger partial charge < -0.3 is 0 Å². The molecule has 0 amide bonds. The SMILES string of the molecule is Cc1cc(F)c(C(Cl)C2CC2c2ccccc2)cc1F. The van der Waals surface area contributed by atoms with Crippen LogP contribution in [0.2, 0.25) is 0 Å². The predicted octanol–water partition coefficient (Wildman–Crippen LogP) is 5.36. The van der Waals surface area contributed by atoms with Crippen LogP contribution in [-0.4, -0.2) is 0 Å². The van der Waals surface area contributed by atoms with E-state index in [1.54, 1.807) is 6.92 Å². The summed E-state index contributed by atoms with van der Waals surface area (Å²) in [5, 5.41) is -0.477. The topological polar surface area (TPSA) is 0 Å². The van der Waals surface area contributed by atoms with Gasteiger partial charge in [-0.25, -0.2) is 8.78 Å². The van der Waals surface area contributed by atoms with E-state index in [4.69, 9.17) is 11.6 Å². The lowest BCUT2D eigenvalue weighted by Crippen LogP contribution is -2.01. The Morgan fingerprint density at radius 2 is 1.80 bits per heavy atom. The third-order valence-corrected chi connectivity index (χ3v) is 4.58. The van der Waals surface area contributed by atoms with Crippen molar-refractivity contribution in [2.75, 3.05) is 0 Å². The van der Waals surface area contributed by atoms with Crippen molar-refractivity contribution in [3.05, 3.63) is 70.8 Å². The van der Waals surface area contributed by atoms with Crippen LogP contribution in [0.1, 0.15) is 34.4 Å². The van der Waals surface area contributed by atoms with Gasteiger partial charge >= 0.3 is 0 Å². The molecule has 3 atom stereocenters. The molecule has 0 aromatic heterocycles. The van der Waals surface area contributed by atoms with Gasteiger partial charge in [0.25, 0.3) is 0 Å². The highest BCUT2D eigenvalue weighted by atomic mass is 35.5. The van der Waals surface area contributed by atoms with Gasteiger partial charge in [-0.2, -0.15) is 0 Å². The molecular formula is C17H15ClF2. The van der Waals surface area contributed by atoms with Crippen LogP contribution in [0.5, 0.6) is 0 Å². The van der Waals surface area contributed by atoms with E-state index in [1.165, 1.54) is 17.7 Å². The first-order valence-corrected chi connectivity index (χ1v) is 7.16. The number of hydrogen-bond acceptors (Lipinski definition) is 0. The van der Waals surface area contributed by atoms with Crippen molar-refractivity contribution in [3.8, 4) is 0 Å². The van der Waals surface area contributed by atoms with Crippen molar-refractivity contribution in [3.63, 3.8) is 0 Å². The van der Waals surface area contributed by atoms with Gasteiger partial charge in [0, 0.05) is 5.56 Å². The number of rotatable bonds is 3. The third-order valence-electron chi connectivity index (χ3n) is 4.02. The lowest BCUT2D eigenvalue weighted by molar-refractivity contribution is 0.568. The Morgan fingerprint density at radius 1 is 1.10 bits per heavy atom. The van der Waals surface area contributed by atoms with E-state index in [1.807, 2.05) is 18.2 Å². The quantitative estimate of drug-likeness (QED) is 0.668. The minimum Gasteiger partial charge on any atom is -0.207 e. The standard InChI is InChI=1S/C17H15ClF2/c1-10-7-16(20)14(9-15(10)19)17(18)13-8-12(13)11-5-3-2-4-6-11/h2-7,9,12-13,17H,8H2,1H3. The largest absolute Gasteiger partial charge is 0.207 e. The smallest absolute Gasteiger partial charge is 0.128 e. The van der Waals surface area contributed by atoms with Gasteiger partial charge in [0.2, 0.25) is 0 Å². The van der Waals surface area contributed by atoms with Gasteiger partial charge in [0.1, 0.15) is 11.6 Å². The second kappa shape index (κ2) is 5.17. The van der Waals surface area contributed by atoms with Crippen LogP contribution >= 0.6 is 11.6 Å². The van der Waals surface area contributed by atoms with Gasteiger partial charge in [-0.15, -0.1) is 11.6 Å². The monoisotopic (exact) mass is 292 g/mol. The minimum atomic E-state index is -0.477. The molecule has 0 heterocycles. The lowest BCUT2D eigenvalue weighted by atomic mass is 10.0. The van der Waals surface area contributed by atoms with Crippen molar-refractivity contribution in [1.29, 1.82) is 0 Å². The van der Waals surface area contributed by atoms with E-state index in [2.05, 4.69) is 12.1 Å². The Balaban J connectivity index is 1.82. The van der Waals surface area contributed by atoms with E-state index in [9.17, 15) is 8.78 Å². The van der Waals surface area contributed by atoms with Crippen molar-refractivity contribution in [2.24, 2.45) is 5.92 Å². The van der Waals surface area contributed by atoms with E-state index >= 15 is 0 Å². The Labute approximate surface area is 122 Å². The summed E-state index contributed by atoms with van der Waals surface area (Å²) >= 11 is 6.37. The lowest BCUT2D eigenvalue weighted by Gasteiger charge is -2.12. The Morgan fingerprint density at radius 3 is 2.50 bits per heavy atom. The van der Waals surface area contributed by atoms with Crippen molar-refractivity contribution in [1.82, 2.24) is 0 Å².